The minimum atomic E-state index is -0.916. The van der Waals surface area contributed by atoms with E-state index in [-0.39, 0.29) is 23.9 Å². The Bertz CT molecular complexity index is 299. The lowest BCUT2D eigenvalue weighted by atomic mass is 9.91. The van der Waals surface area contributed by atoms with Gasteiger partial charge in [0.1, 0.15) is 6.04 Å². The molecule has 0 fully saturated rings. The predicted molar refractivity (Wildman–Crippen MR) is 71.2 cm³/mol. The number of hydrogen-bond acceptors (Lipinski definition) is 3. The molecule has 0 aromatic rings. The lowest BCUT2D eigenvalue weighted by molar-refractivity contribution is -0.150. The van der Waals surface area contributed by atoms with Crippen molar-refractivity contribution in [2.45, 2.75) is 71.5 Å². The molecule has 0 aliphatic carbocycles. The molecule has 0 unspecified atom stereocenters. The SMILES string of the molecule is CC(C)(C)N([C@@H](CCC(N)=O)C(=O)O)C(C)(C)C. The Morgan fingerprint density at radius 2 is 1.50 bits per heavy atom. The van der Waals surface area contributed by atoms with Gasteiger partial charge in [-0.05, 0) is 48.0 Å². The summed E-state index contributed by atoms with van der Waals surface area (Å²) < 4.78 is 0. The van der Waals surface area contributed by atoms with E-state index >= 15 is 0 Å². The van der Waals surface area contributed by atoms with Crippen LogP contribution in [-0.4, -0.2) is 39.0 Å². The minimum Gasteiger partial charge on any atom is -0.480 e. The maximum atomic E-state index is 11.5. The smallest absolute Gasteiger partial charge is 0.320 e. The van der Waals surface area contributed by atoms with E-state index < -0.39 is 17.9 Å². The predicted octanol–water partition coefficient (Wildman–Crippen LogP) is 1.60. The van der Waals surface area contributed by atoms with Crippen molar-refractivity contribution in [1.82, 2.24) is 4.90 Å². The molecule has 106 valence electrons. The van der Waals surface area contributed by atoms with Crippen LogP contribution in [0.5, 0.6) is 0 Å². The van der Waals surface area contributed by atoms with Crippen molar-refractivity contribution in [3.8, 4) is 0 Å². The highest BCUT2D eigenvalue weighted by atomic mass is 16.4. The fourth-order valence-corrected chi connectivity index (χ4v) is 2.58. The summed E-state index contributed by atoms with van der Waals surface area (Å²) in [7, 11) is 0. The van der Waals surface area contributed by atoms with Gasteiger partial charge in [-0.2, -0.15) is 0 Å². The summed E-state index contributed by atoms with van der Waals surface area (Å²) >= 11 is 0. The second-order valence-electron chi connectivity index (χ2n) is 6.57. The highest BCUT2D eigenvalue weighted by molar-refractivity contribution is 5.77. The van der Waals surface area contributed by atoms with Gasteiger partial charge in [-0.1, -0.05) is 0 Å². The first-order chi connectivity index (χ1) is 7.87. The van der Waals surface area contributed by atoms with Gasteiger partial charge in [0.25, 0.3) is 0 Å². The Labute approximate surface area is 109 Å². The number of carbonyl (C=O) groups is 2. The van der Waals surface area contributed by atoms with Crippen LogP contribution in [-0.2, 0) is 9.59 Å². The highest BCUT2D eigenvalue weighted by Gasteiger charge is 2.40. The first kappa shape index (κ1) is 16.9. The standard InChI is InChI=1S/C13H26N2O3/c1-12(2,3)15(13(4,5)6)9(11(17)18)7-8-10(14)16/h9H,7-8H2,1-6H3,(H2,14,16)(H,17,18)/t9-/m0/s1. The number of primary amides is 1. The van der Waals surface area contributed by atoms with E-state index in [9.17, 15) is 14.7 Å². The largest absolute Gasteiger partial charge is 0.480 e. The molecule has 0 saturated heterocycles. The topological polar surface area (TPSA) is 83.6 Å². The molecule has 0 spiro atoms. The van der Waals surface area contributed by atoms with Gasteiger partial charge in [-0.25, -0.2) is 0 Å². The van der Waals surface area contributed by atoms with E-state index in [0.717, 1.165) is 0 Å². The van der Waals surface area contributed by atoms with Gasteiger partial charge in [-0.15, -0.1) is 0 Å². The molecule has 0 aromatic carbocycles. The van der Waals surface area contributed by atoms with Crippen molar-refractivity contribution in [1.29, 1.82) is 0 Å². The molecule has 0 aliphatic rings. The summed E-state index contributed by atoms with van der Waals surface area (Å²) in [4.78, 5) is 24.2. The third kappa shape index (κ3) is 5.04. The number of hydrogen-bond donors (Lipinski definition) is 2. The van der Waals surface area contributed by atoms with Crippen molar-refractivity contribution in [3.63, 3.8) is 0 Å². The molecule has 1 atom stereocenters. The summed E-state index contributed by atoms with van der Waals surface area (Å²) in [5, 5.41) is 9.39. The van der Waals surface area contributed by atoms with Crippen LogP contribution in [0.3, 0.4) is 0 Å². The van der Waals surface area contributed by atoms with Crippen molar-refractivity contribution in [2.75, 3.05) is 0 Å². The Hall–Kier alpha value is -1.10. The summed E-state index contributed by atoms with van der Waals surface area (Å²) in [6.45, 7) is 11.8. The maximum absolute atomic E-state index is 11.5. The lowest BCUT2D eigenvalue weighted by Gasteiger charge is -2.48. The van der Waals surface area contributed by atoms with E-state index in [2.05, 4.69) is 0 Å². The summed E-state index contributed by atoms with van der Waals surface area (Å²) in [5.41, 5.74) is 4.50. The number of aliphatic carboxylic acids is 1. The number of carboxylic acid groups (broad SMARTS) is 1. The van der Waals surface area contributed by atoms with Crippen LogP contribution in [0, 0.1) is 0 Å². The average molecular weight is 258 g/mol. The second-order valence-corrected chi connectivity index (χ2v) is 6.57. The third-order valence-corrected chi connectivity index (χ3v) is 2.71. The van der Waals surface area contributed by atoms with Gasteiger partial charge in [-0.3, -0.25) is 14.5 Å². The van der Waals surface area contributed by atoms with Crippen molar-refractivity contribution >= 4 is 11.9 Å². The van der Waals surface area contributed by atoms with Crippen molar-refractivity contribution in [3.05, 3.63) is 0 Å². The van der Waals surface area contributed by atoms with Gasteiger partial charge in [0.05, 0.1) is 0 Å². The summed E-state index contributed by atoms with van der Waals surface area (Å²) in [6, 6.07) is -0.711. The van der Waals surface area contributed by atoms with Gasteiger partial charge in [0.15, 0.2) is 0 Å². The summed E-state index contributed by atoms with van der Waals surface area (Å²) in [6.07, 6.45) is 0.318. The fourth-order valence-electron chi connectivity index (χ4n) is 2.58. The number of rotatable bonds is 5. The fraction of sp³-hybridized carbons (Fsp3) is 0.846. The Kier molecular flexibility index (Phi) is 5.35. The van der Waals surface area contributed by atoms with E-state index in [0.29, 0.717) is 0 Å². The molecule has 0 saturated carbocycles. The Morgan fingerprint density at radius 1 is 1.11 bits per heavy atom. The van der Waals surface area contributed by atoms with Crippen LogP contribution in [0.15, 0.2) is 0 Å². The van der Waals surface area contributed by atoms with E-state index in [1.165, 1.54) is 0 Å². The molecule has 1 amide bonds. The first-order valence-electron chi connectivity index (χ1n) is 6.18. The minimum absolute atomic E-state index is 0.0830. The monoisotopic (exact) mass is 258 g/mol. The van der Waals surface area contributed by atoms with E-state index in [4.69, 9.17) is 5.73 Å². The number of nitrogens with two attached hydrogens (primary N) is 1. The van der Waals surface area contributed by atoms with Crippen molar-refractivity contribution in [2.24, 2.45) is 5.73 Å². The zero-order valence-electron chi connectivity index (χ0n) is 12.3. The molecule has 0 rings (SSSR count). The molecule has 0 aromatic heterocycles. The third-order valence-electron chi connectivity index (χ3n) is 2.71. The molecule has 0 radical (unpaired) electrons. The van der Waals surface area contributed by atoms with Gasteiger partial charge in [0, 0.05) is 17.5 Å². The van der Waals surface area contributed by atoms with Gasteiger partial charge in [0.2, 0.25) is 5.91 Å². The Morgan fingerprint density at radius 3 is 1.72 bits per heavy atom. The number of carboxylic acids is 1. The molecule has 0 aliphatic heterocycles. The van der Waals surface area contributed by atoms with Crippen LogP contribution in [0.4, 0.5) is 0 Å². The van der Waals surface area contributed by atoms with Gasteiger partial charge >= 0.3 is 5.97 Å². The van der Waals surface area contributed by atoms with E-state index in [1.807, 2.05) is 46.4 Å². The van der Waals surface area contributed by atoms with Crippen LogP contribution in [0.1, 0.15) is 54.4 Å². The molecule has 5 nitrogen and oxygen atoms in total. The molecular weight excluding hydrogens is 232 g/mol. The maximum Gasteiger partial charge on any atom is 0.320 e. The molecule has 5 heteroatoms. The van der Waals surface area contributed by atoms with Gasteiger partial charge < -0.3 is 10.8 Å². The van der Waals surface area contributed by atoms with Crippen LogP contribution >= 0.6 is 0 Å². The molecule has 18 heavy (non-hydrogen) atoms. The molecular formula is C13H26N2O3. The zero-order chi connectivity index (χ0) is 14.7. The first-order valence-corrected chi connectivity index (χ1v) is 6.18. The van der Waals surface area contributed by atoms with Crippen LogP contribution < -0.4 is 5.73 Å². The Balaban J connectivity index is 5.25. The number of amides is 1. The van der Waals surface area contributed by atoms with Crippen molar-refractivity contribution < 1.29 is 14.7 Å². The molecule has 0 bridgehead atoms. The summed E-state index contributed by atoms with van der Waals surface area (Å²) in [5.74, 6) is -1.38. The zero-order valence-corrected chi connectivity index (χ0v) is 12.3. The van der Waals surface area contributed by atoms with E-state index in [1.54, 1.807) is 0 Å². The number of nitrogens with zero attached hydrogens (tertiary/aromatic N) is 1. The van der Waals surface area contributed by atoms with Crippen LogP contribution in [0.25, 0.3) is 0 Å². The molecule has 0 heterocycles. The lowest BCUT2D eigenvalue weighted by Crippen LogP contribution is -2.60. The quantitative estimate of drug-likeness (QED) is 0.784. The van der Waals surface area contributed by atoms with Crippen LogP contribution in [0.2, 0.25) is 0 Å². The second kappa shape index (κ2) is 5.69. The number of carbonyl (C=O) groups excluding carboxylic acids is 1. The highest BCUT2D eigenvalue weighted by Crippen LogP contribution is 2.29. The average Bonchev–Trinajstić information content (AvgIpc) is 2.06. The molecule has 3 N–H and O–H groups in total. The normalized spacial score (nSPS) is 14.6.